The number of hydrogen-bond donors (Lipinski definition) is 3. The molecule has 5 heteroatoms. The fraction of sp³-hybridized carbons (Fsp3) is 0.167. The van der Waals surface area contributed by atoms with Crippen molar-refractivity contribution in [1.82, 2.24) is 9.97 Å². The van der Waals surface area contributed by atoms with E-state index < -0.39 is 0 Å². The Morgan fingerprint density at radius 1 is 1.41 bits per heavy atom. The minimum atomic E-state index is -0.191. The molecule has 2 rings (SSSR count). The Balaban J connectivity index is 2.41. The van der Waals surface area contributed by atoms with Crippen molar-refractivity contribution in [2.45, 2.75) is 6.42 Å². The number of hydrogen-bond acceptors (Lipinski definition) is 4. The molecule has 0 spiro atoms. The van der Waals surface area contributed by atoms with Gasteiger partial charge in [-0.3, -0.25) is 4.79 Å². The van der Waals surface area contributed by atoms with Crippen LogP contribution in [0.5, 0.6) is 5.75 Å². The summed E-state index contributed by atoms with van der Waals surface area (Å²) >= 11 is 0. The topological polar surface area (TPSA) is 92.0 Å². The van der Waals surface area contributed by atoms with Gasteiger partial charge >= 0.3 is 0 Å². The van der Waals surface area contributed by atoms with E-state index in [4.69, 9.17) is 5.73 Å². The molecule has 17 heavy (non-hydrogen) atoms. The number of aromatic amines is 1. The summed E-state index contributed by atoms with van der Waals surface area (Å²) in [4.78, 5) is 18.5. The summed E-state index contributed by atoms with van der Waals surface area (Å²) in [6, 6.07) is 6.56. The zero-order valence-electron chi connectivity index (χ0n) is 9.18. The molecule has 0 aliphatic carbocycles. The number of phenolic OH excluding ortho intramolecular Hbond substituents is 1. The molecule has 0 bridgehead atoms. The Bertz CT molecular complexity index is 578. The van der Waals surface area contributed by atoms with Gasteiger partial charge in [-0.1, -0.05) is 12.1 Å². The Hall–Kier alpha value is -2.14. The van der Waals surface area contributed by atoms with Gasteiger partial charge in [0, 0.05) is 17.3 Å². The van der Waals surface area contributed by atoms with Crippen LogP contribution in [0.15, 0.2) is 35.3 Å². The normalized spacial score (nSPS) is 10.4. The second-order valence-corrected chi connectivity index (χ2v) is 3.68. The highest BCUT2D eigenvalue weighted by Crippen LogP contribution is 2.18. The van der Waals surface area contributed by atoms with Crippen molar-refractivity contribution in [3.8, 4) is 17.1 Å². The number of aromatic nitrogens is 2. The molecule has 4 N–H and O–H groups in total. The van der Waals surface area contributed by atoms with E-state index in [1.165, 1.54) is 6.20 Å². The molecule has 5 nitrogen and oxygen atoms in total. The fourth-order valence-corrected chi connectivity index (χ4v) is 1.55. The van der Waals surface area contributed by atoms with Crippen molar-refractivity contribution in [1.29, 1.82) is 0 Å². The molecule has 2 aromatic rings. The number of nitrogens with one attached hydrogen (secondary N) is 1. The van der Waals surface area contributed by atoms with E-state index >= 15 is 0 Å². The summed E-state index contributed by atoms with van der Waals surface area (Å²) < 4.78 is 0. The summed E-state index contributed by atoms with van der Waals surface area (Å²) in [6.45, 7) is 0.413. The Morgan fingerprint density at radius 3 is 2.88 bits per heavy atom. The highest BCUT2D eigenvalue weighted by molar-refractivity contribution is 5.56. The van der Waals surface area contributed by atoms with Crippen LogP contribution in [0.4, 0.5) is 0 Å². The molecule has 0 radical (unpaired) electrons. The smallest absolute Gasteiger partial charge is 0.254 e. The average Bonchev–Trinajstić information content (AvgIpc) is 2.32. The molecule has 0 saturated carbocycles. The lowest BCUT2D eigenvalue weighted by Crippen LogP contribution is -2.17. The van der Waals surface area contributed by atoms with Crippen molar-refractivity contribution in [2.75, 3.05) is 6.54 Å². The van der Waals surface area contributed by atoms with E-state index in [9.17, 15) is 9.90 Å². The first-order chi connectivity index (χ1) is 8.20. The SMILES string of the molecule is NCCc1cnc(-c2cccc(O)c2)[nH]c1=O. The minimum absolute atomic E-state index is 0.135. The highest BCUT2D eigenvalue weighted by Gasteiger charge is 2.04. The lowest BCUT2D eigenvalue weighted by molar-refractivity contribution is 0.475. The Labute approximate surface area is 98.0 Å². The fourth-order valence-electron chi connectivity index (χ4n) is 1.55. The van der Waals surface area contributed by atoms with Crippen LogP contribution in [-0.4, -0.2) is 21.6 Å². The summed E-state index contributed by atoms with van der Waals surface area (Å²) in [5, 5.41) is 9.35. The molecule has 88 valence electrons. The number of rotatable bonds is 3. The van der Waals surface area contributed by atoms with Gasteiger partial charge in [0.15, 0.2) is 0 Å². The minimum Gasteiger partial charge on any atom is -0.508 e. The Morgan fingerprint density at radius 2 is 2.24 bits per heavy atom. The first-order valence-electron chi connectivity index (χ1n) is 5.28. The lowest BCUT2D eigenvalue weighted by atomic mass is 10.2. The summed E-state index contributed by atoms with van der Waals surface area (Å²) in [5.41, 5.74) is 6.43. The third-order valence-electron chi connectivity index (χ3n) is 2.41. The van der Waals surface area contributed by atoms with Crippen LogP contribution < -0.4 is 11.3 Å². The predicted molar refractivity (Wildman–Crippen MR) is 64.7 cm³/mol. The first kappa shape index (κ1) is 11.3. The van der Waals surface area contributed by atoms with E-state index in [1.54, 1.807) is 24.3 Å². The molecule has 0 unspecified atom stereocenters. The standard InChI is InChI=1S/C12H13N3O2/c13-5-4-9-7-14-11(15-12(9)17)8-2-1-3-10(16)6-8/h1-3,6-7,16H,4-5,13H2,(H,14,15,17). The Kier molecular flexibility index (Phi) is 3.20. The van der Waals surface area contributed by atoms with Crippen molar-refractivity contribution in [3.63, 3.8) is 0 Å². The summed E-state index contributed by atoms with van der Waals surface area (Å²) in [5.74, 6) is 0.572. The zero-order valence-corrected chi connectivity index (χ0v) is 9.18. The van der Waals surface area contributed by atoms with Crippen LogP contribution in [0.3, 0.4) is 0 Å². The monoisotopic (exact) mass is 231 g/mol. The maximum Gasteiger partial charge on any atom is 0.254 e. The van der Waals surface area contributed by atoms with Gasteiger partial charge in [0.2, 0.25) is 0 Å². The van der Waals surface area contributed by atoms with Crippen molar-refractivity contribution >= 4 is 0 Å². The van der Waals surface area contributed by atoms with Crippen molar-refractivity contribution in [3.05, 3.63) is 46.4 Å². The summed E-state index contributed by atoms with van der Waals surface area (Å²) in [7, 11) is 0. The molecule has 0 amide bonds. The maximum atomic E-state index is 11.7. The van der Waals surface area contributed by atoms with Crippen molar-refractivity contribution < 1.29 is 5.11 Å². The van der Waals surface area contributed by atoms with Crippen LogP contribution >= 0.6 is 0 Å². The highest BCUT2D eigenvalue weighted by atomic mass is 16.3. The van der Waals surface area contributed by atoms with Crippen LogP contribution in [0, 0.1) is 0 Å². The third kappa shape index (κ3) is 2.51. The molecular formula is C12H13N3O2. The first-order valence-corrected chi connectivity index (χ1v) is 5.28. The van der Waals surface area contributed by atoms with Gasteiger partial charge in [0.1, 0.15) is 11.6 Å². The van der Waals surface area contributed by atoms with E-state index in [1.807, 2.05) is 0 Å². The number of aromatic hydroxyl groups is 1. The number of nitrogens with zero attached hydrogens (tertiary/aromatic N) is 1. The number of benzene rings is 1. The average molecular weight is 231 g/mol. The zero-order chi connectivity index (χ0) is 12.3. The van der Waals surface area contributed by atoms with Crippen LogP contribution in [0.25, 0.3) is 11.4 Å². The molecular weight excluding hydrogens is 218 g/mol. The second-order valence-electron chi connectivity index (χ2n) is 3.68. The van der Waals surface area contributed by atoms with Crippen LogP contribution in [-0.2, 0) is 6.42 Å². The van der Waals surface area contributed by atoms with E-state index in [0.717, 1.165) is 0 Å². The van der Waals surface area contributed by atoms with Crippen LogP contribution in [0.1, 0.15) is 5.56 Å². The predicted octanol–water partition coefficient (Wildman–Crippen LogP) is 0.644. The number of phenols is 1. The second kappa shape index (κ2) is 4.80. The van der Waals surface area contributed by atoms with Gasteiger partial charge in [-0.05, 0) is 25.1 Å². The van der Waals surface area contributed by atoms with E-state index in [2.05, 4.69) is 9.97 Å². The molecule has 1 aromatic heterocycles. The van der Waals surface area contributed by atoms with Gasteiger partial charge in [-0.15, -0.1) is 0 Å². The molecule has 1 aromatic carbocycles. The van der Waals surface area contributed by atoms with E-state index in [0.29, 0.717) is 29.9 Å². The molecule has 0 aliphatic rings. The van der Waals surface area contributed by atoms with Crippen molar-refractivity contribution in [2.24, 2.45) is 5.73 Å². The molecule has 0 saturated heterocycles. The quantitative estimate of drug-likeness (QED) is 0.723. The summed E-state index contributed by atoms with van der Waals surface area (Å²) in [6.07, 6.45) is 2.02. The number of H-pyrrole nitrogens is 1. The van der Waals surface area contributed by atoms with E-state index in [-0.39, 0.29) is 11.3 Å². The number of nitrogens with two attached hydrogens (primary N) is 1. The maximum absolute atomic E-state index is 11.7. The lowest BCUT2D eigenvalue weighted by Gasteiger charge is -2.03. The van der Waals surface area contributed by atoms with Gasteiger partial charge in [-0.2, -0.15) is 0 Å². The van der Waals surface area contributed by atoms with Gasteiger partial charge in [0.25, 0.3) is 5.56 Å². The molecule has 1 heterocycles. The van der Waals surface area contributed by atoms with Gasteiger partial charge in [-0.25, -0.2) is 4.98 Å². The van der Waals surface area contributed by atoms with Crippen LogP contribution in [0.2, 0.25) is 0 Å². The molecule has 0 atom stereocenters. The van der Waals surface area contributed by atoms with Gasteiger partial charge < -0.3 is 15.8 Å². The third-order valence-corrected chi connectivity index (χ3v) is 2.41. The molecule has 0 aliphatic heterocycles. The molecule has 0 fully saturated rings. The van der Waals surface area contributed by atoms with Gasteiger partial charge in [0.05, 0.1) is 0 Å². The largest absolute Gasteiger partial charge is 0.508 e.